The van der Waals surface area contributed by atoms with Crippen molar-refractivity contribution < 1.29 is 17.9 Å². The number of alkyl halides is 3. The second kappa shape index (κ2) is 3.75. The lowest BCUT2D eigenvalue weighted by atomic mass is 10.3. The highest BCUT2D eigenvalue weighted by atomic mass is 79.9. The van der Waals surface area contributed by atoms with Crippen LogP contribution in [0.2, 0.25) is 5.02 Å². The Balaban J connectivity index is 2.86. The topological polar surface area (TPSA) is 9.23 Å². The van der Waals surface area contributed by atoms with E-state index < -0.39 is 6.36 Å². The number of ether oxygens (including phenoxy) is 1. The van der Waals surface area contributed by atoms with Gasteiger partial charge in [-0.15, -0.1) is 13.2 Å². The Morgan fingerprint density at radius 3 is 2.38 bits per heavy atom. The molecule has 1 rings (SSSR count). The SMILES string of the molecule is FC(F)(F)Oc1ccc(Br)c(Cl)c1. The Morgan fingerprint density at radius 1 is 1.31 bits per heavy atom. The predicted molar refractivity (Wildman–Crippen MR) is 45.8 cm³/mol. The van der Waals surface area contributed by atoms with Crippen LogP contribution < -0.4 is 4.74 Å². The predicted octanol–water partition coefficient (Wildman–Crippen LogP) is 4.00. The van der Waals surface area contributed by atoms with E-state index in [1.54, 1.807) is 0 Å². The monoisotopic (exact) mass is 274 g/mol. The molecule has 0 aliphatic rings. The second-order valence-electron chi connectivity index (χ2n) is 2.12. The fourth-order valence-electron chi connectivity index (χ4n) is 0.674. The smallest absolute Gasteiger partial charge is 0.406 e. The molecular formula is C7H3BrClF3O. The zero-order chi connectivity index (χ0) is 10.1. The Labute approximate surface area is 85.6 Å². The van der Waals surface area contributed by atoms with Gasteiger partial charge in [0.25, 0.3) is 0 Å². The molecule has 0 fully saturated rings. The van der Waals surface area contributed by atoms with Gasteiger partial charge in [0, 0.05) is 10.5 Å². The maximum atomic E-state index is 11.7. The molecule has 0 radical (unpaired) electrons. The third-order valence-corrected chi connectivity index (χ3v) is 2.36. The molecule has 72 valence electrons. The van der Waals surface area contributed by atoms with Gasteiger partial charge in [0.05, 0.1) is 5.02 Å². The van der Waals surface area contributed by atoms with E-state index in [0.717, 1.165) is 6.07 Å². The van der Waals surface area contributed by atoms with Crippen LogP contribution in [0.4, 0.5) is 13.2 Å². The quantitative estimate of drug-likeness (QED) is 0.752. The summed E-state index contributed by atoms with van der Waals surface area (Å²) < 4.78 is 39.2. The summed E-state index contributed by atoms with van der Waals surface area (Å²) in [5.74, 6) is -0.333. The summed E-state index contributed by atoms with van der Waals surface area (Å²) in [6, 6.07) is 3.63. The molecule has 0 aliphatic carbocycles. The molecule has 0 atom stereocenters. The van der Waals surface area contributed by atoms with Crippen LogP contribution in [0.3, 0.4) is 0 Å². The van der Waals surface area contributed by atoms with Gasteiger partial charge < -0.3 is 4.74 Å². The highest BCUT2D eigenvalue weighted by Gasteiger charge is 2.31. The van der Waals surface area contributed by atoms with E-state index >= 15 is 0 Å². The molecule has 0 heterocycles. The third kappa shape index (κ3) is 3.44. The van der Waals surface area contributed by atoms with Crippen molar-refractivity contribution in [1.82, 2.24) is 0 Å². The van der Waals surface area contributed by atoms with Crippen LogP contribution in [0.15, 0.2) is 22.7 Å². The highest BCUT2D eigenvalue weighted by molar-refractivity contribution is 9.10. The zero-order valence-electron chi connectivity index (χ0n) is 6.03. The molecule has 0 saturated carbocycles. The van der Waals surface area contributed by atoms with E-state index in [9.17, 15) is 13.2 Å². The fourth-order valence-corrected chi connectivity index (χ4v) is 1.09. The van der Waals surface area contributed by atoms with Crippen LogP contribution in [-0.2, 0) is 0 Å². The van der Waals surface area contributed by atoms with Crippen molar-refractivity contribution in [3.05, 3.63) is 27.7 Å². The zero-order valence-corrected chi connectivity index (χ0v) is 8.37. The first kappa shape index (κ1) is 10.7. The largest absolute Gasteiger partial charge is 0.573 e. The summed E-state index contributed by atoms with van der Waals surface area (Å²) in [6.45, 7) is 0. The van der Waals surface area contributed by atoms with Crippen LogP contribution in [0, 0.1) is 0 Å². The summed E-state index contributed by atoms with van der Waals surface area (Å²) in [5.41, 5.74) is 0. The average molecular weight is 275 g/mol. The molecule has 0 N–H and O–H groups in total. The Kier molecular flexibility index (Phi) is 3.08. The Morgan fingerprint density at radius 2 is 1.92 bits per heavy atom. The molecular weight excluding hydrogens is 272 g/mol. The van der Waals surface area contributed by atoms with Crippen LogP contribution in [0.5, 0.6) is 5.75 Å². The molecule has 1 nitrogen and oxygen atoms in total. The first-order valence-corrected chi connectivity index (χ1v) is 4.26. The van der Waals surface area contributed by atoms with Gasteiger partial charge in [0.15, 0.2) is 0 Å². The molecule has 0 saturated heterocycles. The lowest BCUT2D eigenvalue weighted by Gasteiger charge is -2.08. The number of hydrogen-bond acceptors (Lipinski definition) is 1. The van der Waals surface area contributed by atoms with Crippen molar-refractivity contribution in [3.8, 4) is 5.75 Å². The van der Waals surface area contributed by atoms with Crippen molar-refractivity contribution in [3.63, 3.8) is 0 Å². The molecule has 0 bridgehead atoms. The van der Waals surface area contributed by atoms with E-state index in [0.29, 0.717) is 4.47 Å². The fraction of sp³-hybridized carbons (Fsp3) is 0.143. The summed E-state index contributed by atoms with van der Waals surface area (Å²) in [4.78, 5) is 0. The van der Waals surface area contributed by atoms with Gasteiger partial charge in [-0.05, 0) is 28.1 Å². The van der Waals surface area contributed by atoms with Crippen molar-refractivity contribution in [1.29, 1.82) is 0 Å². The number of halogens is 5. The first-order chi connectivity index (χ1) is 5.88. The molecule has 13 heavy (non-hydrogen) atoms. The minimum absolute atomic E-state index is 0.168. The molecule has 0 aromatic heterocycles. The average Bonchev–Trinajstić information content (AvgIpc) is 1.94. The van der Waals surface area contributed by atoms with E-state index in [1.807, 2.05) is 0 Å². The summed E-state index contributed by atoms with van der Waals surface area (Å²) in [7, 11) is 0. The van der Waals surface area contributed by atoms with Crippen molar-refractivity contribution in [2.24, 2.45) is 0 Å². The van der Waals surface area contributed by atoms with Crippen LogP contribution >= 0.6 is 27.5 Å². The number of rotatable bonds is 1. The van der Waals surface area contributed by atoms with Crippen LogP contribution in [0.1, 0.15) is 0 Å². The number of hydrogen-bond donors (Lipinski definition) is 0. The van der Waals surface area contributed by atoms with Gasteiger partial charge >= 0.3 is 6.36 Å². The third-order valence-electron chi connectivity index (χ3n) is 1.12. The minimum atomic E-state index is -4.68. The Bertz CT molecular complexity index is 313. The maximum Gasteiger partial charge on any atom is 0.573 e. The second-order valence-corrected chi connectivity index (χ2v) is 3.39. The molecule has 1 aromatic carbocycles. The van der Waals surface area contributed by atoms with Gasteiger partial charge in [0.1, 0.15) is 5.75 Å². The Hall–Kier alpha value is -0.420. The van der Waals surface area contributed by atoms with E-state index in [2.05, 4.69) is 20.7 Å². The molecule has 0 unspecified atom stereocenters. The lowest BCUT2D eigenvalue weighted by molar-refractivity contribution is -0.274. The van der Waals surface area contributed by atoms with E-state index in [1.165, 1.54) is 12.1 Å². The molecule has 0 aliphatic heterocycles. The molecule has 0 spiro atoms. The van der Waals surface area contributed by atoms with Gasteiger partial charge in [-0.1, -0.05) is 11.6 Å². The van der Waals surface area contributed by atoms with Gasteiger partial charge in [-0.25, -0.2) is 0 Å². The van der Waals surface area contributed by atoms with Gasteiger partial charge in [-0.3, -0.25) is 0 Å². The highest BCUT2D eigenvalue weighted by Crippen LogP contribution is 2.29. The first-order valence-electron chi connectivity index (χ1n) is 3.09. The summed E-state index contributed by atoms with van der Waals surface area (Å²) in [5, 5.41) is 0.168. The normalized spacial score (nSPS) is 11.5. The van der Waals surface area contributed by atoms with E-state index in [4.69, 9.17) is 11.6 Å². The van der Waals surface area contributed by atoms with Crippen molar-refractivity contribution in [2.75, 3.05) is 0 Å². The molecule has 0 amide bonds. The maximum absolute atomic E-state index is 11.7. The van der Waals surface area contributed by atoms with Gasteiger partial charge in [0.2, 0.25) is 0 Å². The van der Waals surface area contributed by atoms with Crippen LogP contribution in [0.25, 0.3) is 0 Å². The van der Waals surface area contributed by atoms with Crippen molar-refractivity contribution >= 4 is 27.5 Å². The molecule has 1 aromatic rings. The van der Waals surface area contributed by atoms with Crippen LogP contribution in [-0.4, -0.2) is 6.36 Å². The summed E-state index contributed by atoms with van der Waals surface area (Å²) >= 11 is 8.59. The molecule has 6 heteroatoms. The van der Waals surface area contributed by atoms with E-state index in [-0.39, 0.29) is 10.8 Å². The van der Waals surface area contributed by atoms with Crippen molar-refractivity contribution in [2.45, 2.75) is 6.36 Å². The van der Waals surface area contributed by atoms with Gasteiger partial charge in [-0.2, -0.15) is 0 Å². The lowest BCUT2D eigenvalue weighted by Crippen LogP contribution is -2.16. The minimum Gasteiger partial charge on any atom is -0.406 e. The summed E-state index contributed by atoms with van der Waals surface area (Å²) in [6.07, 6.45) is -4.68. The standard InChI is InChI=1S/C7H3BrClF3O/c8-5-2-1-4(3-6(5)9)13-7(10,11)12/h1-3H. The number of benzene rings is 1.